The smallest absolute Gasteiger partial charge is 0.305 e. The summed E-state index contributed by atoms with van der Waals surface area (Å²) in [4.78, 5) is 25.3. The molecule has 0 unspecified atom stereocenters. The number of anilines is 1. The summed E-state index contributed by atoms with van der Waals surface area (Å²) in [5.41, 5.74) is 7.32. The highest BCUT2D eigenvalue weighted by atomic mass is 16.5. The number of carbonyl (C=O) groups excluding carboxylic acids is 2. The van der Waals surface area contributed by atoms with Crippen LogP contribution in [0, 0.1) is 5.92 Å². The second-order valence-electron chi connectivity index (χ2n) is 11.3. The molecule has 1 N–H and O–H groups in total. The third-order valence-electron chi connectivity index (χ3n) is 8.27. The number of carbonyl (C=O) groups is 2. The molecule has 0 amide bonds. The zero-order valence-electron chi connectivity index (χ0n) is 26.0. The second-order valence-corrected chi connectivity index (χ2v) is 11.3. The molecule has 1 aromatic heterocycles. The summed E-state index contributed by atoms with van der Waals surface area (Å²) >= 11 is 0. The van der Waals surface area contributed by atoms with Gasteiger partial charge in [0.05, 0.1) is 6.61 Å². The van der Waals surface area contributed by atoms with Gasteiger partial charge in [-0.15, -0.1) is 0 Å². The van der Waals surface area contributed by atoms with Crippen LogP contribution in [0.15, 0.2) is 91.0 Å². The molecule has 0 radical (unpaired) electrons. The highest BCUT2D eigenvalue weighted by molar-refractivity contribution is 6.10. The van der Waals surface area contributed by atoms with Crippen LogP contribution in [0.4, 0.5) is 5.69 Å². The van der Waals surface area contributed by atoms with Crippen LogP contribution < -0.4 is 5.32 Å². The van der Waals surface area contributed by atoms with E-state index < -0.39 is 0 Å². The summed E-state index contributed by atoms with van der Waals surface area (Å²) in [6.45, 7) is 5.19. The van der Waals surface area contributed by atoms with Gasteiger partial charge in [0.2, 0.25) is 0 Å². The Hall–Kier alpha value is -4.12. The Morgan fingerprint density at radius 3 is 1.98 bits per heavy atom. The molecule has 0 saturated carbocycles. The lowest BCUT2D eigenvalue weighted by molar-refractivity contribution is -0.143. The van der Waals surface area contributed by atoms with Crippen LogP contribution in [-0.2, 0) is 42.3 Å². The topological polar surface area (TPSA) is 60.3 Å². The molecule has 0 atom stereocenters. The number of rotatable bonds is 17. The van der Waals surface area contributed by atoms with Crippen LogP contribution in [0.2, 0.25) is 0 Å². The molecule has 4 rings (SSSR count). The van der Waals surface area contributed by atoms with E-state index in [1.165, 1.54) is 11.1 Å². The number of nitrogens with zero attached hydrogens (tertiary/aromatic N) is 1. The fraction of sp³-hybridized carbons (Fsp3) is 0.368. The number of hydrogen-bond acceptors (Lipinski definition) is 4. The van der Waals surface area contributed by atoms with Crippen LogP contribution >= 0.6 is 0 Å². The summed E-state index contributed by atoms with van der Waals surface area (Å²) in [5, 5.41) is 3.65. The molecular formula is C38H46N2O3. The van der Waals surface area contributed by atoms with Gasteiger partial charge in [0.1, 0.15) is 0 Å². The molecule has 0 fully saturated rings. The fourth-order valence-electron chi connectivity index (χ4n) is 5.75. The molecule has 0 aliphatic carbocycles. The number of ether oxygens (including phenoxy) is 1. The van der Waals surface area contributed by atoms with Crippen LogP contribution in [0.5, 0.6) is 0 Å². The van der Waals surface area contributed by atoms with E-state index in [-0.39, 0.29) is 11.8 Å². The Balaban J connectivity index is 1.37. The standard InChI is InChI=1S/C38H46N2O3/c1-4-36-35(27-34(40(36)3)17-12-18-37(41)43-5-2)38(42)32-23-25-33(26-24-32)39-28-31(21-19-29-13-8-6-9-14-29)22-20-30-15-10-7-11-16-30/h6-11,13-16,23-27,31,39H,4-5,12,17-22,28H2,1-3H3. The normalized spacial score (nSPS) is 11.1. The molecule has 5 heteroatoms. The molecular weight excluding hydrogens is 532 g/mol. The molecule has 43 heavy (non-hydrogen) atoms. The van der Waals surface area contributed by atoms with Gasteiger partial charge in [0, 0.05) is 48.2 Å². The molecule has 226 valence electrons. The average Bonchev–Trinajstić information content (AvgIpc) is 3.36. The number of hydrogen-bond donors (Lipinski definition) is 1. The fourth-order valence-corrected chi connectivity index (χ4v) is 5.75. The number of ketones is 1. The molecule has 4 aromatic rings. The molecule has 1 heterocycles. The Labute approximate surface area is 257 Å². The van der Waals surface area contributed by atoms with Gasteiger partial charge in [-0.3, -0.25) is 9.59 Å². The molecule has 0 saturated heterocycles. The first-order valence-corrected chi connectivity index (χ1v) is 15.8. The minimum Gasteiger partial charge on any atom is -0.466 e. The van der Waals surface area contributed by atoms with Crippen molar-refractivity contribution in [2.24, 2.45) is 13.0 Å². The van der Waals surface area contributed by atoms with Crippen LogP contribution in [0.1, 0.15) is 78.0 Å². The van der Waals surface area contributed by atoms with Gasteiger partial charge >= 0.3 is 5.97 Å². The van der Waals surface area contributed by atoms with E-state index in [1.54, 1.807) is 0 Å². The van der Waals surface area contributed by atoms with Crippen molar-refractivity contribution in [1.29, 1.82) is 0 Å². The molecule has 0 spiro atoms. The lowest BCUT2D eigenvalue weighted by atomic mass is 9.93. The van der Waals surface area contributed by atoms with Crippen molar-refractivity contribution in [3.05, 3.63) is 125 Å². The monoisotopic (exact) mass is 578 g/mol. The predicted molar refractivity (Wildman–Crippen MR) is 176 cm³/mol. The Kier molecular flexibility index (Phi) is 12.2. The maximum absolute atomic E-state index is 13.6. The summed E-state index contributed by atoms with van der Waals surface area (Å²) in [7, 11) is 2.01. The first kappa shape index (κ1) is 31.8. The van der Waals surface area contributed by atoms with Crippen molar-refractivity contribution in [3.63, 3.8) is 0 Å². The Bertz CT molecular complexity index is 1380. The van der Waals surface area contributed by atoms with Gasteiger partial charge in [0.25, 0.3) is 0 Å². The third kappa shape index (κ3) is 9.44. The van der Waals surface area contributed by atoms with Crippen molar-refractivity contribution in [2.75, 3.05) is 18.5 Å². The third-order valence-corrected chi connectivity index (χ3v) is 8.27. The summed E-state index contributed by atoms with van der Waals surface area (Å²) in [5.74, 6) is 0.399. The maximum atomic E-state index is 13.6. The second kappa shape index (κ2) is 16.5. The first-order chi connectivity index (χ1) is 21.0. The maximum Gasteiger partial charge on any atom is 0.305 e. The first-order valence-electron chi connectivity index (χ1n) is 15.8. The molecule has 3 aromatic carbocycles. The SMILES string of the molecule is CCOC(=O)CCCc1cc(C(=O)c2ccc(NCC(CCc3ccccc3)CCc3ccccc3)cc2)c(CC)n1C. The highest BCUT2D eigenvalue weighted by Crippen LogP contribution is 2.23. The zero-order valence-corrected chi connectivity index (χ0v) is 26.0. The van der Waals surface area contributed by atoms with E-state index in [0.717, 1.165) is 67.7 Å². The largest absolute Gasteiger partial charge is 0.466 e. The van der Waals surface area contributed by atoms with Crippen LogP contribution in [-0.4, -0.2) is 29.5 Å². The Morgan fingerprint density at radius 1 is 0.814 bits per heavy atom. The number of esters is 1. The van der Waals surface area contributed by atoms with Crippen molar-refractivity contribution >= 4 is 17.4 Å². The summed E-state index contributed by atoms with van der Waals surface area (Å²) in [6.07, 6.45) is 6.96. The molecule has 0 aliphatic rings. The van der Waals surface area contributed by atoms with E-state index in [1.807, 2.05) is 44.3 Å². The quantitative estimate of drug-likeness (QED) is 0.102. The summed E-state index contributed by atoms with van der Waals surface area (Å²) in [6, 6.07) is 31.3. The highest BCUT2D eigenvalue weighted by Gasteiger charge is 2.19. The predicted octanol–water partition coefficient (Wildman–Crippen LogP) is 8.00. The van der Waals surface area contributed by atoms with Gasteiger partial charge in [-0.05, 0) is 99.2 Å². The summed E-state index contributed by atoms with van der Waals surface area (Å²) < 4.78 is 7.16. The van der Waals surface area contributed by atoms with Crippen molar-refractivity contribution in [2.45, 2.75) is 65.2 Å². The molecule has 0 aliphatic heterocycles. The van der Waals surface area contributed by atoms with E-state index in [9.17, 15) is 9.59 Å². The van der Waals surface area contributed by atoms with E-state index in [2.05, 4.69) is 77.5 Å². The average molecular weight is 579 g/mol. The Morgan fingerprint density at radius 2 is 1.42 bits per heavy atom. The lowest BCUT2D eigenvalue weighted by Crippen LogP contribution is -2.16. The lowest BCUT2D eigenvalue weighted by Gasteiger charge is -2.19. The van der Waals surface area contributed by atoms with E-state index in [0.29, 0.717) is 30.9 Å². The number of aromatic nitrogens is 1. The minimum atomic E-state index is -0.170. The van der Waals surface area contributed by atoms with Crippen molar-refractivity contribution in [1.82, 2.24) is 4.57 Å². The molecule has 0 bridgehead atoms. The number of benzene rings is 3. The van der Waals surface area contributed by atoms with E-state index in [4.69, 9.17) is 4.74 Å². The van der Waals surface area contributed by atoms with Crippen molar-refractivity contribution < 1.29 is 14.3 Å². The van der Waals surface area contributed by atoms with E-state index >= 15 is 0 Å². The minimum absolute atomic E-state index is 0.0410. The van der Waals surface area contributed by atoms with Crippen LogP contribution in [0.25, 0.3) is 0 Å². The van der Waals surface area contributed by atoms with Gasteiger partial charge in [-0.2, -0.15) is 0 Å². The zero-order chi connectivity index (χ0) is 30.4. The van der Waals surface area contributed by atoms with Crippen molar-refractivity contribution in [3.8, 4) is 0 Å². The number of aryl methyl sites for hydroxylation is 3. The number of nitrogens with one attached hydrogen (secondary N) is 1. The van der Waals surface area contributed by atoms with Gasteiger partial charge < -0.3 is 14.6 Å². The van der Waals surface area contributed by atoms with Gasteiger partial charge in [-0.25, -0.2) is 0 Å². The van der Waals surface area contributed by atoms with Gasteiger partial charge in [-0.1, -0.05) is 67.6 Å². The van der Waals surface area contributed by atoms with Gasteiger partial charge in [0.15, 0.2) is 5.78 Å². The molecule has 5 nitrogen and oxygen atoms in total. The van der Waals surface area contributed by atoms with Crippen LogP contribution in [0.3, 0.4) is 0 Å².